The lowest BCUT2D eigenvalue weighted by molar-refractivity contribution is 0.00752. The van der Waals surface area contributed by atoms with Crippen LogP contribution in [0.15, 0.2) is 17.1 Å². The molecule has 0 aromatic heterocycles. The van der Waals surface area contributed by atoms with E-state index in [0.29, 0.717) is 24.3 Å². The lowest BCUT2D eigenvalue weighted by Crippen LogP contribution is -2.52. The molecule has 6 nitrogen and oxygen atoms in total. The Morgan fingerprint density at radius 3 is 2.32 bits per heavy atom. The molecule has 0 radical (unpaired) electrons. The Morgan fingerprint density at radius 2 is 1.79 bits per heavy atom. The normalized spacial score (nSPS) is 16.6. The first-order valence-electron chi connectivity index (χ1n) is 10.1. The van der Waals surface area contributed by atoms with Crippen molar-refractivity contribution in [3.63, 3.8) is 0 Å². The number of nitrogens with zero attached hydrogens (tertiary/aromatic N) is 2. The molecule has 1 aromatic carbocycles. The van der Waals surface area contributed by atoms with Crippen LogP contribution >= 0.6 is 24.0 Å². The Labute approximate surface area is 187 Å². The van der Waals surface area contributed by atoms with Crippen molar-refractivity contribution in [2.75, 3.05) is 39.4 Å². The van der Waals surface area contributed by atoms with Crippen molar-refractivity contribution in [1.29, 1.82) is 0 Å². The summed E-state index contributed by atoms with van der Waals surface area (Å²) in [6.07, 6.45) is 0. The molecule has 7 heteroatoms. The number of aliphatic imine (C=N–C) groups is 1. The van der Waals surface area contributed by atoms with Crippen molar-refractivity contribution >= 4 is 29.9 Å². The zero-order valence-corrected chi connectivity index (χ0v) is 20.2. The third-order valence-electron chi connectivity index (χ3n) is 5.08. The Kier molecular flexibility index (Phi) is 11.1. The highest BCUT2D eigenvalue weighted by molar-refractivity contribution is 14.0. The third kappa shape index (κ3) is 7.40. The molecule has 1 unspecified atom stereocenters. The van der Waals surface area contributed by atoms with Crippen LogP contribution in [0.25, 0.3) is 0 Å². The van der Waals surface area contributed by atoms with Crippen LogP contribution in [0, 0.1) is 19.8 Å². The number of phenolic OH excluding ortho intramolecular Hbond substituents is 1. The number of halogens is 1. The van der Waals surface area contributed by atoms with E-state index in [1.807, 2.05) is 26.0 Å². The number of nitrogens with one attached hydrogen (secondary N) is 2. The summed E-state index contributed by atoms with van der Waals surface area (Å²) < 4.78 is 5.49. The van der Waals surface area contributed by atoms with E-state index in [9.17, 15) is 5.11 Å². The van der Waals surface area contributed by atoms with E-state index in [0.717, 1.165) is 62.0 Å². The largest absolute Gasteiger partial charge is 0.507 e. The molecule has 1 heterocycles. The number of hydrogen-bond acceptors (Lipinski definition) is 4. The summed E-state index contributed by atoms with van der Waals surface area (Å²) in [4.78, 5) is 7.25. The van der Waals surface area contributed by atoms with Gasteiger partial charge in [0.2, 0.25) is 0 Å². The molecular formula is C21H37IN4O2. The number of hydrogen-bond donors (Lipinski definition) is 3. The maximum Gasteiger partial charge on any atom is 0.191 e. The van der Waals surface area contributed by atoms with Crippen LogP contribution in [0.1, 0.15) is 37.5 Å². The van der Waals surface area contributed by atoms with Gasteiger partial charge in [-0.2, -0.15) is 0 Å². The molecule has 1 aliphatic rings. The molecule has 0 aliphatic carbocycles. The van der Waals surface area contributed by atoms with Gasteiger partial charge in [-0.1, -0.05) is 26.0 Å². The van der Waals surface area contributed by atoms with Gasteiger partial charge in [0.1, 0.15) is 5.75 Å². The molecule has 3 N–H and O–H groups in total. The zero-order valence-electron chi connectivity index (χ0n) is 17.9. The second-order valence-electron chi connectivity index (χ2n) is 7.61. The fourth-order valence-corrected chi connectivity index (χ4v) is 3.55. The number of aromatic hydroxyl groups is 1. The summed E-state index contributed by atoms with van der Waals surface area (Å²) in [5.74, 6) is 1.76. The number of ether oxygens (including phenoxy) is 1. The molecule has 1 fully saturated rings. The summed E-state index contributed by atoms with van der Waals surface area (Å²) in [5, 5.41) is 16.8. The highest BCUT2D eigenvalue weighted by atomic mass is 127. The fourth-order valence-electron chi connectivity index (χ4n) is 3.55. The minimum Gasteiger partial charge on any atom is -0.507 e. The van der Waals surface area contributed by atoms with Gasteiger partial charge < -0.3 is 20.5 Å². The van der Waals surface area contributed by atoms with Crippen molar-refractivity contribution in [2.24, 2.45) is 10.9 Å². The van der Waals surface area contributed by atoms with Crippen molar-refractivity contribution in [2.45, 2.75) is 47.2 Å². The maximum atomic E-state index is 9.94. The van der Waals surface area contributed by atoms with Gasteiger partial charge in [-0.25, -0.2) is 4.99 Å². The summed E-state index contributed by atoms with van der Waals surface area (Å²) in [6.45, 7) is 16.4. The molecule has 1 atom stereocenters. The Hall–Kier alpha value is -1.06. The topological polar surface area (TPSA) is 69.1 Å². The monoisotopic (exact) mass is 504 g/mol. The third-order valence-corrected chi connectivity index (χ3v) is 5.08. The van der Waals surface area contributed by atoms with Crippen LogP contribution in [0.5, 0.6) is 5.75 Å². The highest BCUT2D eigenvalue weighted by Gasteiger charge is 2.23. The van der Waals surface area contributed by atoms with E-state index in [1.54, 1.807) is 0 Å². The predicted molar refractivity (Wildman–Crippen MR) is 127 cm³/mol. The Morgan fingerprint density at radius 1 is 1.18 bits per heavy atom. The second-order valence-corrected chi connectivity index (χ2v) is 7.61. The van der Waals surface area contributed by atoms with Crippen LogP contribution in [0.2, 0.25) is 0 Å². The first-order chi connectivity index (χ1) is 12.9. The first-order valence-corrected chi connectivity index (χ1v) is 10.1. The SMILES string of the molecule is CCNC(=NCc1cc(C)c(O)c(C)c1)NCC(C(C)C)N1CCOCC1.I. The van der Waals surface area contributed by atoms with E-state index < -0.39 is 0 Å². The maximum absolute atomic E-state index is 9.94. The Bertz CT molecular complexity index is 608. The van der Waals surface area contributed by atoms with Crippen molar-refractivity contribution in [3.05, 3.63) is 28.8 Å². The molecule has 0 spiro atoms. The van der Waals surface area contributed by atoms with Gasteiger partial charge in [-0.15, -0.1) is 24.0 Å². The predicted octanol–water partition coefficient (Wildman–Crippen LogP) is 3.04. The smallest absolute Gasteiger partial charge is 0.191 e. The van der Waals surface area contributed by atoms with Gasteiger partial charge in [-0.3, -0.25) is 4.90 Å². The van der Waals surface area contributed by atoms with Gasteiger partial charge in [-0.05, 0) is 43.4 Å². The van der Waals surface area contributed by atoms with Crippen LogP contribution in [0.4, 0.5) is 0 Å². The van der Waals surface area contributed by atoms with Crippen molar-refractivity contribution in [3.8, 4) is 5.75 Å². The van der Waals surface area contributed by atoms with Gasteiger partial charge in [0.25, 0.3) is 0 Å². The van der Waals surface area contributed by atoms with Gasteiger partial charge >= 0.3 is 0 Å². The van der Waals surface area contributed by atoms with Gasteiger partial charge in [0.05, 0.1) is 19.8 Å². The van der Waals surface area contributed by atoms with E-state index in [4.69, 9.17) is 9.73 Å². The van der Waals surface area contributed by atoms with Crippen LogP contribution < -0.4 is 10.6 Å². The summed E-state index contributed by atoms with van der Waals surface area (Å²) >= 11 is 0. The van der Waals surface area contributed by atoms with Crippen molar-refractivity contribution < 1.29 is 9.84 Å². The molecule has 1 aliphatic heterocycles. The molecule has 0 bridgehead atoms. The van der Waals surface area contributed by atoms with Gasteiger partial charge in [0, 0.05) is 32.2 Å². The molecule has 0 amide bonds. The summed E-state index contributed by atoms with van der Waals surface area (Å²) in [6, 6.07) is 4.45. The molecule has 0 saturated carbocycles. The minimum absolute atomic E-state index is 0. The average molecular weight is 504 g/mol. The van der Waals surface area contributed by atoms with Crippen molar-refractivity contribution in [1.82, 2.24) is 15.5 Å². The molecule has 28 heavy (non-hydrogen) atoms. The summed E-state index contributed by atoms with van der Waals surface area (Å²) in [5.41, 5.74) is 2.89. The molecule has 1 aromatic rings. The number of aryl methyl sites for hydroxylation is 2. The van der Waals surface area contributed by atoms with Crippen LogP contribution in [0.3, 0.4) is 0 Å². The number of guanidine groups is 1. The number of benzene rings is 1. The first kappa shape index (κ1) is 25.0. The fraction of sp³-hybridized carbons (Fsp3) is 0.667. The van der Waals surface area contributed by atoms with Gasteiger partial charge in [0.15, 0.2) is 5.96 Å². The Balaban J connectivity index is 0.00000392. The molecule has 1 saturated heterocycles. The second kappa shape index (κ2) is 12.5. The van der Waals surface area contributed by atoms with E-state index >= 15 is 0 Å². The lowest BCUT2D eigenvalue weighted by Gasteiger charge is -2.37. The van der Waals surface area contributed by atoms with Crippen LogP contribution in [-0.4, -0.2) is 61.4 Å². The number of rotatable bonds is 7. The minimum atomic E-state index is 0. The molecule has 2 rings (SSSR count). The van der Waals surface area contributed by atoms with E-state index in [1.165, 1.54) is 0 Å². The molecule has 160 valence electrons. The standard InChI is InChI=1S/C21H36N4O2.HI/c1-6-22-21(23-13-18-11-16(4)20(26)17(5)12-18)24-14-19(15(2)3)25-7-9-27-10-8-25;/h11-12,15,19,26H,6-10,13-14H2,1-5H3,(H2,22,23,24);1H. The quantitative estimate of drug-likeness (QED) is 0.303. The highest BCUT2D eigenvalue weighted by Crippen LogP contribution is 2.23. The number of phenols is 1. The average Bonchev–Trinajstić information content (AvgIpc) is 2.64. The van der Waals surface area contributed by atoms with Crippen LogP contribution in [-0.2, 0) is 11.3 Å². The number of morpholine rings is 1. The summed E-state index contributed by atoms with van der Waals surface area (Å²) in [7, 11) is 0. The zero-order chi connectivity index (χ0) is 19.8. The lowest BCUT2D eigenvalue weighted by atomic mass is 10.0. The van der Waals surface area contributed by atoms with E-state index in [-0.39, 0.29) is 24.0 Å². The molecular weight excluding hydrogens is 467 g/mol. The van der Waals surface area contributed by atoms with E-state index in [2.05, 4.69) is 36.3 Å².